The number of Topliss-reactive ketones (excluding diaryl/α,β-unsaturated/α-hetero) is 1. The number of carboxylic acids is 1. The van der Waals surface area contributed by atoms with Crippen LogP contribution >= 0.6 is 0 Å². The van der Waals surface area contributed by atoms with Gasteiger partial charge in [0.1, 0.15) is 30.1 Å². The third kappa shape index (κ3) is 16.2. The number of H-pyrrole nitrogens is 3. The van der Waals surface area contributed by atoms with E-state index in [1.54, 1.807) is 30.3 Å². The molecule has 26 heteroatoms. The molecule has 490 valence electrons. The van der Waals surface area contributed by atoms with Gasteiger partial charge in [-0.2, -0.15) is 0 Å². The van der Waals surface area contributed by atoms with E-state index in [0.29, 0.717) is 70.1 Å². The van der Waals surface area contributed by atoms with Crippen LogP contribution in [0.1, 0.15) is 145 Å². The van der Waals surface area contributed by atoms with Crippen LogP contribution in [0.25, 0.3) is 23.8 Å². The zero-order chi connectivity index (χ0) is 66.5. The number of nitrogens with zero attached hydrogens (tertiary/aromatic N) is 2. The number of aliphatic imine (C=N–C) groups is 2. The molecule has 1 fully saturated rings. The van der Waals surface area contributed by atoms with E-state index >= 15 is 0 Å². The Balaban J connectivity index is 0.914. The summed E-state index contributed by atoms with van der Waals surface area (Å²) in [5.74, 6) is -9.46. The van der Waals surface area contributed by atoms with Crippen molar-refractivity contribution in [1.82, 2.24) is 52.2 Å². The monoisotopic (exact) mass is 1260 g/mol. The van der Waals surface area contributed by atoms with Crippen molar-refractivity contribution in [3.8, 4) is 0 Å². The number of hydrogen-bond donors (Lipinski definition) is 13. The molecule has 7 amide bonds. The van der Waals surface area contributed by atoms with E-state index in [0.717, 1.165) is 51.5 Å². The molecule has 0 radical (unpaired) electrons. The van der Waals surface area contributed by atoms with Gasteiger partial charge in [0.05, 0.1) is 31.1 Å². The predicted octanol–water partition coefficient (Wildman–Crippen LogP) is 1.22. The number of methoxy groups -OCH3 is 1. The van der Waals surface area contributed by atoms with Crippen LogP contribution in [0.4, 0.5) is 0 Å². The van der Waals surface area contributed by atoms with E-state index in [4.69, 9.17) is 21.2 Å². The van der Waals surface area contributed by atoms with Gasteiger partial charge in [0.2, 0.25) is 41.4 Å². The molecule has 4 aromatic rings. The molecule has 1 saturated heterocycles. The smallest absolute Gasteiger partial charge is 0.321 e. The largest absolute Gasteiger partial charge is 0.481 e. The topological polar surface area (TPSA) is 408 Å². The summed E-state index contributed by atoms with van der Waals surface area (Å²) in [6, 6.07) is 3.09. The molecule has 4 aliphatic rings. The number of hydrogen-bond acceptors (Lipinski definition) is 13. The van der Waals surface area contributed by atoms with Crippen LogP contribution in [0.3, 0.4) is 0 Å². The molecule has 0 unspecified atom stereocenters. The number of nitrogens with two attached hydrogens (primary N) is 2. The van der Waals surface area contributed by atoms with E-state index in [1.165, 1.54) is 7.11 Å². The van der Waals surface area contributed by atoms with Crippen LogP contribution in [0, 0.1) is 38.5 Å². The minimum Gasteiger partial charge on any atom is -0.481 e. The SMILES string of the molecule is C=Cc1c2[nH]c(c1C)C=C1N=C(C3=c4[nH]c(c(C)c4C(=O)[C@@H]3C(=O)OC)=Cc3[nH]c(c(C)c3CC)C2)[C@@H](CCC(=O)NCCCC(=O)NCCCC[C@H]2NC(=O)[C@@H](Cc3ccccc3)NC(=O)[C@H](CC(=O)O)NC(=O)CNC(=O)[C@H](CCCN=C(N)N)NC2=O)[C@@H]1C. The summed E-state index contributed by atoms with van der Waals surface area (Å²) in [6.45, 7) is 14.1. The van der Waals surface area contributed by atoms with Gasteiger partial charge in [-0.05, 0) is 118 Å². The number of benzene rings is 1. The number of aromatic amines is 3. The summed E-state index contributed by atoms with van der Waals surface area (Å²) in [5, 5.41) is 29.3. The van der Waals surface area contributed by atoms with Gasteiger partial charge in [-0.3, -0.25) is 57.9 Å². The molecule has 1 aliphatic carbocycles. The second-order valence-corrected chi connectivity index (χ2v) is 23.8. The van der Waals surface area contributed by atoms with Crippen LogP contribution < -0.4 is 59.4 Å². The maximum Gasteiger partial charge on any atom is 0.321 e. The number of allylic oxidation sites excluding steroid dienone is 1. The summed E-state index contributed by atoms with van der Waals surface area (Å²) >= 11 is 0. The Hall–Kier alpha value is -9.88. The standard InChI is InChI=1S/C66H84N14O12/c1-8-38-33(3)43-28-45-35(5)40(58(76-45)56-57(65(91)92-7)60(86)55-36(6)46(77-59(55)56)30-48-39(9-2)34(4)44(74-48)29-47(38)73-43)22-23-52(82)70-25-16-21-51(81)69-24-14-13-19-42-62(88)78-41(20-15-26-71-66(67)68)61(87)72-32-53(83)75-50(31-54(84)85)64(90)80-49(63(89)79-42)27-37-17-11-10-12-18-37/h8,10-12,17-18,28,30,35,40-42,49-50,57,73-74,77H,1,9,13-16,19-27,29,31-32H2,2-7H3,(H,69,81)(H,70,82)(H,72,87)(H,75,83)(H,78,88)(H,79,89)(H,80,90)(H,84,85)(H4,67,68,71)/t35-,40-,41-,42+,49+,50-,57+/m0/s1. The number of unbranched alkanes of at least 4 members (excludes halogenated alkanes) is 1. The first kappa shape index (κ1) is 68.0. The number of fused-ring (bicyclic) bond motifs is 7. The number of esters is 1. The molecule has 26 nitrogen and oxygen atoms in total. The summed E-state index contributed by atoms with van der Waals surface area (Å²) in [6.07, 6.45) is 7.88. The number of nitrogens with one attached hydrogen (secondary N) is 10. The number of aromatic nitrogens is 3. The molecule has 1 aromatic carbocycles. The third-order valence-electron chi connectivity index (χ3n) is 17.6. The molecule has 7 atom stereocenters. The van der Waals surface area contributed by atoms with Crippen LogP contribution in [0.5, 0.6) is 0 Å². The average Bonchev–Trinajstić information content (AvgIpc) is 1.58. The molecular formula is C66H84N14O12. The first-order valence-corrected chi connectivity index (χ1v) is 31.3. The van der Waals surface area contributed by atoms with Gasteiger partial charge in [0, 0.05) is 102 Å². The Kier molecular flexibility index (Phi) is 22.7. The number of carboxylic acid groups (broad SMARTS) is 1. The highest BCUT2D eigenvalue weighted by molar-refractivity contribution is 6.35. The van der Waals surface area contributed by atoms with Gasteiger partial charge >= 0.3 is 11.9 Å². The molecule has 0 saturated carbocycles. The molecule has 6 heterocycles. The highest BCUT2D eigenvalue weighted by Crippen LogP contribution is 2.42. The predicted molar refractivity (Wildman–Crippen MR) is 344 cm³/mol. The average molecular weight is 1270 g/mol. The molecule has 8 bridgehead atoms. The minimum absolute atomic E-state index is 0.00210. The molecular weight excluding hydrogens is 1180 g/mol. The zero-order valence-corrected chi connectivity index (χ0v) is 52.9. The first-order valence-electron chi connectivity index (χ1n) is 31.3. The molecule has 92 heavy (non-hydrogen) atoms. The number of guanidine groups is 1. The Morgan fingerprint density at radius 1 is 0.761 bits per heavy atom. The van der Waals surface area contributed by atoms with Crippen molar-refractivity contribution in [3.05, 3.63) is 115 Å². The van der Waals surface area contributed by atoms with Crippen molar-refractivity contribution in [2.45, 2.75) is 142 Å². The van der Waals surface area contributed by atoms with Gasteiger partial charge in [-0.15, -0.1) is 0 Å². The Morgan fingerprint density at radius 3 is 2.10 bits per heavy atom. The second-order valence-electron chi connectivity index (χ2n) is 23.8. The quantitative estimate of drug-likeness (QED) is 0.0163. The highest BCUT2D eigenvalue weighted by Gasteiger charge is 2.47. The molecule has 3 aromatic heterocycles. The van der Waals surface area contributed by atoms with E-state index in [-0.39, 0.29) is 94.1 Å². The Morgan fingerprint density at radius 2 is 1.41 bits per heavy atom. The Bertz CT molecular complexity index is 3770. The van der Waals surface area contributed by atoms with Crippen LogP contribution in [0.15, 0.2) is 52.6 Å². The number of carbonyl (C=O) groups excluding carboxylic acids is 9. The maximum atomic E-state index is 14.5. The van der Waals surface area contributed by atoms with E-state index in [1.807, 2.05) is 39.0 Å². The number of carbonyl (C=O) groups is 10. The zero-order valence-electron chi connectivity index (χ0n) is 52.9. The van der Waals surface area contributed by atoms with Crippen LogP contribution in [-0.2, 0) is 67.2 Å². The third-order valence-corrected chi connectivity index (χ3v) is 17.6. The van der Waals surface area contributed by atoms with Crippen LogP contribution in [-0.4, -0.2) is 148 Å². The molecule has 3 aliphatic heterocycles. The van der Waals surface area contributed by atoms with E-state index in [2.05, 4.69) is 77.6 Å². The molecule has 8 rings (SSSR count). The van der Waals surface area contributed by atoms with Crippen molar-refractivity contribution >= 4 is 94.5 Å². The molecule has 0 spiro atoms. The number of aliphatic carboxylic acids is 1. The van der Waals surface area contributed by atoms with Crippen molar-refractivity contribution in [2.75, 3.05) is 33.3 Å². The Labute approximate surface area is 532 Å². The highest BCUT2D eigenvalue weighted by atomic mass is 16.5. The summed E-state index contributed by atoms with van der Waals surface area (Å²) in [4.78, 5) is 156. The van der Waals surface area contributed by atoms with Crippen molar-refractivity contribution in [1.29, 1.82) is 0 Å². The number of ketones is 1. The lowest BCUT2D eigenvalue weighted by atomic mass is 9.81. The maximum absolute atomic E-state index is 14.5. The lowest BCUT2D eigenvalue weighted by Crippen LogP contribution is -2.58. The fourth-order valence-corrected chi connectivity index (χ4v) is 12.6. The van der Waals surface area contributed by atoms with Gasteiger partial charge in [-0.25, -0.2) is 0 Å². The van der Waals surface area contributed by atoms with Crippen LogP contribution in [0.2, 0.25) is 0 Å². The number of rotatable bonds is 23. The fraction of sp³-hybridized carbons (Fsp3) is 0.455. The summed E-state index contributed by atoms with van der Waals surface area (Å²) in [5.41, 5.74) is 22.4. The summed E-state index contributed by atoms with van der Waals surface area (Å²) in [7, 11) is 1.25. The molecule has 15 N–H and O–H groups in total. The first-order chi connectivity index (χ1) is 44.0. The van der Waals surface area contributed by atoms with Gasteiger partial charge in [0.15, 0.2) is 11.7 Å². The van der Waals surface area contributed by atoms with E-state index in [9.17, 15) is 53.1 Å². The fourth-order valence-electron chi connectivity index (χ4n) is 12.6. The van der Waals surface area contributed by atoms with Crippen molar-refractivity contribution < 1.29 is 57.8 Å². The number of amides is 7. The lowest BCUT2D eigenvalue weighted by molar-refractivity contribution is -0.142. The lowest BCUT2D eigenvalue weighted by Gasteiger charge is -2.26. The normalized spacial score (nSPS) is 20.8. The van der Waals surface area contributed by atoms with Crippen molar-refractivity contribution in [2.24, 2.45) is 39.2 Å². The van der Waals surface area contributed by atoms with Gasteiger partial charge in [-0.1, -0.05) is 56.8 Å². The number of ether oxygens (including phenoxy) is 1. The van der Waals surface area contributed by atoms with Gasteiger partial charge < -0.3 is 73.5 Å². The van der Waals surface area contributed by atoms with E-state index < -0.39 is 90.4 Å². The summed E-state index contributed by atoms with van der Waals surface area (Å²) < 4.78 is 5.29. The van der Waals surface area contributed by atoms with Gasteiger partial charge in [0.25, 0.3) is 0 Å². The minimum atomic E-state index is -1.64. The second kappa shape index (κ2) is 30.8. The van der Waals surface area contributed by atoms with Crippen molar-refractivity contribution in [3.63, 3.8) is 0 Å².